The maximum absolute atomic E-state index is 10.5. The third kappa shape index (κ3) is 1.57. The number of carbonyl (C=O) groups is 1. The number of carboxylic acids is 1. The highest BCUT2D eigenvalue weighted by Gasteiger charge is 2.31. The van der Waals surface area contributed by atoms with Crippen LogP contribution in [-0.2, 0) is 4.79 Å². The number of aliphatic carboxylic acids is 1. The molecule has 0 heterocycles. The first-order chi connectivity index (χ1) is 5.52. The van der Waals surface area contributed by atoms with E-state index in [1.807, 2.05) is 0 Å². The fraction of sp³-hybridized carbons (Fsp3) is 0.571. The topological polar surface area (TPSA) is 104 Å². The van der Waals surface area contributed by atoms with Crippen LogP contribution in [0.1, 0.15) is 6.42 Å². The Kier molecular flexibility index (Phi) is 2.35. The van der Waals surface area contributed by atoms with Crippen LogP contribution in [0.3, 0.4) is 0 Å². The first kappa shape index (κ1) is 9.02. The Morgan fingerprint density at radius 2 is 2.17 bits per heavy atom. The predicted molar refractivity (Wildman–Crippen MR) is 40.0 cm³/mol. The smallest absolute Gasteiger partial charge is 0.310 e. The Morgan fingerprint density at radius 1 is 1.58 bits per heavy atom. The molecule has 68 valence electrons. The molecule has 0 aromatic heterocycles. The van der Waals surface area contributed by atoms with Crippen LogP contribution >= 0.6 is 0 Å². The molecule has 0 saturated heterocycles. The molecule has 5 nitrogen and oxygen atoms in total. The molecule has 5 heteroatoms. The van der Waals surface area contributed by atoms with Crippen LogP contribution in [0.4, 0.5) is 0 Å². The second-order valence-electron chi connectivity index (χ2n) is 2.86. The molecule has 0 fully saturated rings. The van der Waals surface area contributed by atoms with Crippen LogP contribution < -0.4 is 5.73 Å². The summed E-state index contributed by atoms with van der Waals surface area (Å²) in [5, 5.41) is 26.8. The molecule has 5 N–H and O–H groups in total. The van der Waals surface area contributed by atoms with Gasteiger partial charge in [-0.05, 0) is 12.5 Å². The molecule has 0 bridgehead atoms. The SMILES string of the molecule is NC1=C[C@@H](C(=O)O)C[C@@H](O)[C@@H]1O. The number of rotatable bonds is 1. The monoisotopic (exact) mass is 173 g/mol. The van der Waals surface area contributed by atoms with Crippen molar-refractivity contribution in [1.82, 2.24) is 0 Å². The highest BCUT2D eigenvalue weighted by Crippen LogP contribution is 2.21. The first-order valence-corrected chi connectivity index (χ1v) is 3.58. The van der Waals surface area contributed by atoms with Gasteiger partial charge < -0.3 is 21.1 Å². The van der Waals surface area contributed by atoms with Crippen molar-refractivity contribution in [2.24, 2.45) is 11.7 Å². The lowest BCUT2D eigenvalue weighted by atomic mass is 9.90. The largest absolute Gasteiger partial charge is 0.481 e. The molecule has 0 radical (unpaired) electrons. The van der Waals surface area contributed by atoms with Crippen molar-refractivity contribution in [1.29, 1.82) is 0 Å². The molecule has 0 aliphatic heterocycles. The molecule has 1 rings (SSSR count). The highest BCUT2D eigenvalue weighted by atomic mass is 16.4. The second kappa shape index (κ2) is 3.12. The fourth-order valence-electron chi connectivity index (χ4n) is 1.18. The van der Waals surface area contributed by atoms with Crippen molar-refractivity contribution in [2.75, 3.05) is 0 Å². The van der Waals surface area contributed by atoms with Crippen LogP contribution in [0.15, 0.2) is 11.8 Å². The van der Waals surface area contributed by atoms with Crippen molar-refractivity contribution < 1.29 is 20.1 Å². The minimum Gasteiger partial charge on any atom is -0.481 e. The maximum Gasteiger partial charge on any atom is 0.310 e. The summed E-state index contributed by atoms with van der Waals surface area (Å²) in [7, 11) is 0. The van der Waals surface area contributed by atoms with Crippen LogP contribution in [-0.4, -0.2) is 33.5 Å². The zero-order valence-corrected chi connectivity index (χ0v) is 6.34. The van der Waals surface area contributed by atoms with E-state index in [0.29, 0.717) is 0 Å². The first-order valence-electron chi connectivity index (χ1n) is 3.58. The summed E-state index contributed by atoms with van der Waals surface area (Å²) in [4.78, 5) is 10.5. The van der Waals surface area contributed by atoms with Crippen LogP contribution in [0.25, 0.3) is 0 Å². The van der Waals surface area contributed by atoms with Gasteiger partial charge in [0.1, 0.15) is 6.10 Å². The third-order valence-corrected chi connectivity index (χ3v) is 1.91. The molecule has 1 aliphatic carbocycles. The van der Waals surface area contributed by atoms with Gasteiger partial charge >= 0.3 is 5.97 Å². The van der Waals surface area contributed by atoms with Gasteiger partial charge in [-0.1, -0.05) is 0 Å². The Bertz CT molecular complexity index is 225. The van der Waals surface area contributed by atoms with Gasteiger partial charge in [0.25, 0.3) is 0 Å². The van der Waals surface area contributed by atoms with E-state index in [1.165, 1.54) is 6.08 Å². The molecular formula is C7H11NO4. The molecule has 0 saturated carbocycles. The minimum absolute atomic E-state index is 0.0111. The molecule has 1 aliphatic rings. The summed E-state index contributed by atoms with van der Waals surface area (Å²) < 4.78 is 0. The van der Waals surface area contributed by atoms with Crippen molar-refractivity contribution >= 4 is 5.97 Å². The van der Waals surface area contributed by atoms with Gasteiger partial charge in [-0.3, -0.25) is 4.79 Å². The Labute approximate surface area is 69.1 Å². The molecule has 0 unspecified atom stereocenters. The molecule has 12 heavy (non-hydrogen) atoms. The van der Waals surface area contributed by atoms with Gasteiger partial charge in [0, 0.05) is 5.70 Å². The lowest BCUT2D eigenvalue weighted by Gasteiger charge is -2.25. The summed E-state index contributed by atoms with van der Waals surface area (Å²) in [6.07, 6.45) is -0.923. The second-order valence-corrected chi connectivity index (χ2v) is 2.86. The zero-order valence-electron chi connectivity index (χ0n) is 6.34. The number of aliphatic hydroxyl groups excluding tert-OH is 2. The van der Waals surface area contributed by atoms with Gasteiger partial charge in [0.15, 0.2) is 0 Å². The Morgan fingerprint density at radius 3 is 2.58 bits per heavy atom. The number of nitrogens with two attached hydrogens (primary N) is 1. The van der Waals surface area contributed by atoms with E-state index in [9.17, 15) is 4.79 Å². The summed E-state index contributed by atoms with van der Waals surface area (Å²) in [5.74, 6) is -1.83. The number of hydrogen-bond donors (Lipinski definition) is 4. The number of aliphatic hydroxyl groups is 2. The van der Waals surface area contributed by atoms with E-state index in [-0.39, 0.29) is 12.1 Å². The van der Waals surface area contributed by atoms with Gasteiger partial charge in [0.05, 0.1) is 12.0 Å². The average molecular weight is 173 g/mol. The van der Waals surface area contributed by atoms with E-state index in [2.05, 4.69) is 0 Å². The standard InChI is InChI=1S/C7H11NO4/c8-4-1-3(7(11)12)2-5(9)6(4)10/h1,3,5-6,9-10H,2,8H2,(H,11,12)/t3-,5-,6-/m1/s1. The van der Waals surface area contributed by atoms with Gasteiger partial charge in [-0.25, -0.2) is 0 Å². The van der Waals surface area contributed by atoms with Crippen LogP contribution in [0.2, 0.25) is 0 Å². The maximum atomic E-state index is 10.5. The third-order valence-electron chi connectivity index (χ3n) is 1.91. The quantitative estimate of drug-likeness (QED) is 0.392. The van der Waals surface area contributed by atoms with E-state index in [1.54, 1.807) is 0 Å². The molecule has 3 atom stereocenters. The van der Waals surface area contributed by atoms with Crippen molar-refractivity contribution in [3.8, 4) is 0 Å². The normalized spacial score (nSPS) is 35.8. The van der Waals surface area contributed by atoms with E-state index in [0.717, 1.165) is 0 Å². The summed E-state index contributed by atoms with van der Waals surface area (Å²) in [5.41, 5.74) is 5.31. The van der Waals surface area contributed by atoms with Crippen LogP contribution in [0.5, 0.6) is 0 Å². The highest BCUT2D eigenvalue weighted by molar-refractivity contribution is 5.72. The predicted octanol–water partition coefficient (Wildman–Crippen LogP) is -1.34. The Hall–Kier alpha value is -1.07. The minimum atomic E-state index is -1.12. The van der Waals surface area contributed by atoms with E-state index < -0.39 is 24.1 Å². The Balaban J connectivity index is 2.80. The number of hydrogen-bond acceptors (Lipinski definition) is 4. The van der Waals surface area contributed by atoms with Gasteiger partial charge in [-0.15, -0.1) is 0 Å². The van der Waals surface area contributed by atoms with Gasteiger partial charge in [-0.2, -0.15) is 0 Å². The summed E-state index contributed by atoms with van der Waals surface area (Å²) in [6.45, 7) is 0. The molecule has 0 aromatic carbocycles. The lowest BCUT2D eigenvalue weighted by Crippen LogP contribution is -2.38. The fourth-order valence-corrected chi connectivity index (χ4v) is 1.18. The van der Waals surface area contributed by atoms with Crippen molar-refractivity contribution in [3.63, 3.8) is 0 Å². The van der Waals surface area contributed by atoms with E-state index >= 15 is 0 Å². The zero-order chi connectivity index (χ0) is 9.30. The van der Waals surface area contributed by atoms with E-state index in [4.69, 9.17) is 21.1 Å². The molecule has 0 amide bonds. The lowest BCUT2D eigenvalue weighted by molar-refractivity contribution is -0.142. The average Bonchev–Trinajstić information content (AvgIpc) is 1.99. The molecule has 0 spiro atoms. The number of carboxylic acid groups (broad SMARTS) is 1. The summed E-state index contributed by atoms with van der Waals surface area (Å²) >= 11 is 0. The van der Waals surface area contributed by atoms with Crippen LogP contribution in [0, 0.1) is 5.92 Å². The molecular weight excluding hydrogens is 162 g/mol. The van der Waals surface area contributed by atoms with Crippen molar-refractivity contribution in [2.45, 2.75) is 18.6 Å². The molecule has 0 aromatic rings. The van der Waals surface area contributed by atoms with Gasteiger partial charge in [0.2, 0.25) is 0 Å². The summed E-state index contributed by atoms with van der Waals surface area (Å²) in [6, 6.07) is 0. The van der Waals surface area contributed by atoms with Crippen molar-refractivity contribution in [3.05, 3.63) is 11.8 Å².